The van der Waals surface area contributed by atoms with Crippen LogP contribution in [0.5, 0.6) is 0 Å². The number of likely N-dealkylation sites (tertiary alicyclic amines) is 2. The van der Waals surface area contributed by atoms with Crippen LogP contribution < -0.4 is 5.32 Å². The van der Waals surface area contributed by atoms with Gasteiger partial charge in [-0.15, -0.1) is 24.0 Å². The summed E-state index contributed by atoms with van der Waals surface area (Å²) < 4.78 is 5.61. The first kappa shape index (κ1) is 19.8. The highest BCUT2D eigenvalue weighted by molar-refractivity contribution is 14.0. The number of hydrogen-bond donors (Lipinski definition) is 1. The number of aliphatic imine (C=N–C) groups is 1. The highest BCUT2D eigenvalue weighted by atomic mass is 127. The number of halogens is 1. The molecule has 3 aliphatic heterocycles. The second-order valence-electron chi connectivity index (χ2n) is 7.35. The lowest BCUT2D eigenvalue weighted by Gasteiger charge is -2.32. The largest absolute Gasteiger partial charge is 0.381 e. The fourth-order valence-corrected chi connectivity index (χ4v) is 4.11. The predicted molar refractivity (Wildman–Crippen MR) is 106 cm³/mol. The van der Waals surface area contributed by atoms with Gasteiger partial charge >= 0.3 is 0 Å². The first-order valence-electron chi connectivity index (χ1n) is 8.91. The number of carbonyl (C=O) groups excluding carboxylic acids is 1. The van der Waals surface area contributed by atoms with Crippen molar-refractivity contribution in [2.45, 2.75) is 32.6 Å². The van der Waals surface area contributed by atoms with E-state index in [0.29, 0.717) is 11.3 Å². The topological polar surface area (TPSA) is 57.2 Å². The molecule has 0 radical (unpaired) electrons. The molecule has 1 N–H and O–H groups in total. The summed E-state index contributed by atoms with van der Waals surface area (Å²) >= 11 is 0. The fourth-order valence-electron chi connectivity index (χ4n) is 4.11. The van der Waals surface area contributed by atoms with Crippen LogP contribution in [0.3, 0.4) is 0 Å². The van der Waals surface area contributed by atoms with Gasteiger partial charge in [-0.2, -0.15) is 0 Å². The van der Waals surface area contributed by atoms with Gasteiger partial charge < -0.3 is 19.9 Å². The Labute approximate surface area is 162 Å². The van der Waals surface area contributed by atoms with Crippen LogP contribution in [0.15, 0.2) is 4.99 Å². The van der Waals surface area contributed by atoms with Crippen molar-refractivity contribution in [3.63, 3.8) is 0 Å². The molecule has 1 amide bonds. The molecular weight excluding hydrogens is 419 g/mol. The van der Waals surface area contributed by atoms with Crippen molar-refractivity contribution >= 4 is 35.8 Å². The van der Waals surface area contributed by atoms with Crippen molar-refractivity contribution in [2.24, 2.45) is 16.3 Å². The molecule has 24 heavy (non-hydrogen) atoms. The van der Waals surface area contributed by atoms with Gasteiger partial charge in [-0.05, 0) is 31.6 Å². The van der Waals surface area contributed by atoms with Crippen molar-refractivity contribution in [2.75, 3.05) is 53.0 Å². The second-order valence-corrected chi connectivity index (χ2v) is 7.35. The van der Waals surface area contributed by atoms with Crippen LogP contribution in [0.2, 0.25) is 0 Å². The third-order valence-corrected chi connectivity index (χ3v) is 5.74. The number of guanidine groups is 1. The van der Waals surface area contributed by atoms with Gasteiger partial charge in [-0.25, -0.2) is 0 Å². The molecule has 138 valence electrons. The zero-order chi connectivity index (χ0) is 16.3. The zero-order valence-electron chi connectivity index (χ0n) is 14.9. The molecule has 0 bridgehead atoms. The van der Waals surface area contributed by atoms with Crippen molar-refractivity contribution in [1.29, 1.82) is 0 Å². The van der Waals surface area contributed by atoms with E-state index in [2.05, 4.69) is 15.2 Å². The van der Waals surface area contributed by atoms with E-state index in [0.717, 1.165) is 64.7 Å². The van der Waals surface area contributed by atoms with Crippen molar-refractivity contribution < 1.29 is 9.53 Å². The number of piperidine rings is 1. The van der Waals surface area contributed by atoms with Crippen LogP contribution in [0.4, 0.5) is 0 Å². The number of amides is 1. The summed E-state index contributed by atoms with van der Waals surface area (Å²) in [5.74, 6) is 1.87. The number of ether oxygens (including phenoxy) is 1. The third-order valence-electron chi connectivity index (χ3n) is 5.74. The van der Waals surface area contributed by atoms with Gasteiger partial charge in [0.15, 0.2) is 5.96 Å². The van der Waals surface area contributed by atoms with Crippen LogP contribution in [0.1, 0.15) is 32.6 Å². The monoisotopic (exact) mass is 450 g/mol. The maximum Gasteiger partial charge on any atom is 0.219 e. The molecular formula is C17H31IN4O2. The lowest BCUT2D eigenvalue weighted by atomic mass is 9.87. The van der Waals surface area contributed by atoms with Crippen LogP contribution >= 0.6 is 24.0 Å². The molecule has 7 heteroatoms. The molecule has 3 rings (SSSR count). The van der Waals surface area contributed by atoms with Gasteiger partial charge in [0.05, 0.1) is 6.61 Å². The maximum absolute atomic E-state index is 11.4. The minimum atomic E-state index is 0. The fraction of sp³-hybridized carbons (Fsp3) is 0.882. The Kier molecular flexibility index (Phi) is 7.15. The Morgan fingerprint density at radius 3 is 2.58 bits per heavy atom. The Morgan fingerprint density at radius 2 is 2.00 bits per heavy atom. The van der Waals surface area contributed by atoms with Gasteiger partial charge in [0.1, 0.15) is 0 Å². The smallest absolute Gasteiger partial charge is 0.219 e. The summed E-state index contributed by atoms with van der Waals surface area (Å²) in [4.78, 5) is 20.2. The summed E-state index contributed by atoms with van der Waals surface area (Å²) in [6.45, 7) is 8.36. The van der Waals surface area contributed by atoms with Crippen LogP contribution in [0, 0.1) is 11.3 Å². The molecule has 1 atom stereocenters. The average molecular weight is 450 g/mol. The third kappa shape index (κ3) is 4.53. The SMILES string of the molecule is CN=C(NCC1CCN(C(C)=O)CC1)N1CCC2(CCOC2)C1.I. The molecule has 0 aromatic carbocycles. The molecule has 3 fully saturated rings. The summed E-state index contributed by atoms with van der Waals surface area (Å²) in [5.41, 5.74) is 0.366. The molecule has 0 saturated carbocycles. The summed E-state index contributed by atoms with van der Waals surface area (Å²) in [7, 11) is 1.87. The van der Waals surface area contributed by atoms with Gasteiger partial charge in [0.25, 0.3) is 0 Å². The van der Waals surface area contributed by atoms with Crippen LogP contribution in [-0.4, -0.2) is 74.7 Å². The second kappa shape index (κ2) is 8.69. The maximum atomic E-state index is 11.4. The first-order chi connectivity index (χ1) is 11.1. The Morgan fingerprint density at radius 1 is 1.25 bits per heavy atom. The molecule has 1 unspecified atom stereocenters. The van der Waals surface area contributed by atoms with Gasteiger partial charge in [0.2, 0.25) is 5.91 Å². The Balaban J connectivity index is 0.00000208. The van der Waals surface area contributed by atoms with Crippen molar-refractivity contribution in [3.05, 3.63) is 0 Å². The normalized spacial score (nSPS) is 28.3. The summed E-state index contributed by atoms with van der Waals surface area (Å²) in [6, 6.07) is 0. The van der Waals surface area contributed by atoms with E-state index in [9.17, 15) is 4.79 Å². The van der Waals surface area contributed by atoms with E-state index < -0.39 is 0 Å². The summed E-state index contributed by atoms with van der Waals surface area (Å²) in [6.07, 6.45) is 4.57. The zero-order valence-corrected chi connectivity index (χ0v) is 17.3. The standard InChI is InChI=1S/C17H30N4O2.HI/c1-14(22)20-7-3-15(4-8-20)11-19-16(18-2)21-9-5-17(12-21)6-10-23-13-17;/h15H,3-13H2,1-2H3,(H,18,19);1H. The van der Waals surface area contributed by atoms with E-state index in [1.54, 1.807) is 6.92 Å². The molecule has 3 aliphatic rings. The van der Waals surface area contributed by atoms with Crippen LogP contribution in [-0.2, 0) is 9.53 Å². The highest BCUT2D eigenvalue weighted by Crippen LogP contribution is 2.38. The molecule has 0 aliphatic carbocycles. The number of nitrogens with one attached hydrogen (secondary N) is 1. The average Bonchev–Trinajstić information content (AvgIpc) is 3.19. The molecule has 3 heterocycles. The van der Waals surface area contributed by atoms with Crippen LogP contribution in [0.25, 0.3) is 0 Å². The predicted octanol–water partition coefficient (Wildman–Crippen LogP) is 1.55. The highest BCUT2D eigenvalue weighted by Gasteiger charge is 2.42. The Bertz CT molecular complexity index is 458. The molecule has 0 aromatic rings. The van der Waals surface area contributed by atoms with E-state index in [1.807, 2.05) is 11.9 Å². The summed E-state index contributed by atoms with van der Waals surface area (Å²) in [5, 5.41) is 3.56. The molecule has 6 nitrogen and oxygen atoms in total. The minimum Gasteiger partial charge on any atom is -0.381 e. The van der Waals surface area contributed by atoms with E-state index in [1.165, 1.54) is 12.8 Å². The van der Waals surface area contributed by atoms with E-state index >= 15 is 0 Å². The van der Waals surface area contributed by atoms with Gasteiger partial charge in [0, 0.05) is 58.7 Å². The molecule has 1 spiro atoms. The number of nitrogens with zero attached hydrogens (tertiary/aromatic N) is 3. The lowest BCUT2D eigenvalue weighted by Crippen LogP contribution is -2.45. The van der Waals surface area contributed by atoms with E-state index in [4.69, 9.17) is 4.74 Å². The lowest BCUT2D eigenvalue weighted by molar-refractivity contribution is -0.130. The van der Waals surface area contributed by atoms with Gasteiger partial charge in [-0.1, -0.05) is 0 Å². The number of carbonyl (C=O) groups is 1. The van der Waals surface area contributed by atoms with Crippen molar-refractivity contribution in [3.8, 4) is 0 Å². The van der Waals surface area contributed by atoms with Gasteiger partial charge in [-0.3, -0.25) is 9.79 Å². The quantitative estimate of drug-likeness (QED) is 0.394. The van der Waals surface area contributed by atoms with Crippen molar-refractivity contribution in [1.82, 2.24) is 15.1 Å². The van der Waals surface area contributed by atoms with E-state index in [-0.39, 0.29) is 29.9 Å². The first-order valence-corrected chi connectivity index (χ1v) is 8.91. The molecule has 0 aromatic heterocycles. The Hall–Kier alpha value is -0.570. The minimum absolute atomic E-state index is 0. The molecule has 3 saturated heterocycles. The number of hydrogen-bond acceptors (Lipinski definition) is 3. The number of rotatable bonds is 2.